The van der Waals surface area contributed by atoms with Crippen LogP contribution in [0.4, 0.5) is 5.69 Å². The van der Waals surface area contributed by atoms with E-state index in [0.717, 1.165) is 28.0 Å². The van der Waals surface area contributed by atoms with Crippen molar-refractivity contribution in [2.24, 2.45) is 0 Å². The predicted octanol–water partition coefficient (Wildman–Crippen LogP) is 4.63. The number of para-hydroxylation sites is 3. The molecule has 27 heavy (non-hydrogen) atoms. The Bertz CT molecular complexity index is 1070. The van der Waals surface area contributed by atoms with Gasteiger partial charge in [-0.05, 0) is 42.0 Å². The number of hydrogen-bond donors (Lipinski definition) is 2. The molecule has 0 unspecified atom stereocenters. The number of fused-ring (bicyclic) bond motifs is 1. The first-order valence-corrected chi connectivity index (χ1v) is 8.68. The van der Waals surface area contributed by atoms with E-state index in [9.17, 15) is 4.79 Å². The van der Waals surface area contributed by atoms with E-state index in [-0.39, 0.29) is 5.91 Å². The molecule has 1 aromatic heterocycles. The first-order chi connectivity index (χ1) is 13.2. The van der Waals surface area contributed by atoms with Crippen molar-refractivity contribution in [3.8, 4) is 11.4 Å². The summed E-state index contributed by atoms with van der Waals surface area (Å²) in [4.78, 5) is 20.7. The summed E-state index contributed by atoms with van der Waals surface area (Å²) in [6, 6.07) is 22.9. The van der Waals surface area contributed by atoms with Crippen LogP contribution >= 0.6 is 0 Å². The van der Waals surface area contributed by atoms with Crippen LogP contribution in [-0.4, -0.2) is 23.0 Å². The largest absolute Gasteiger partial charge is 0.380 e. The summed E-state index contributed by atoms with van der Waals surface area (Å²) in [6.07, 6.45) is 0. The molecule has 0 atom stereocenters. The predicted molar refractivity (Wildman–Crippen MR) is 107 cm³/mol. The number of nitrogens with zero attached hydrogens (tertiary/aromatic N) is 1. The SMILES string of the molecule is COCc1cccc(C(=O)Nc2ccccc2-c2nc3ccccc3[nH]2)c1. The minimum atomic E-state index is -0.170. The zero-order chi connectivity index (χ0) is 18.6. The maximum absolute atomic E-state index is 12.7. The number of carbonyl (C=O) groups excluding carboxylic acids is 1. The molecule has 0 aliphatic rings. The van der Waals surface area contributed by atoms with Gasteiger partial charge in [0.15, 0.2) is 0 Å². The third-order valence-electron chi connectivity index (χ3n) is 4.32. The molecule has 0 saturated carbocycles. The van der Waals surface area contributed by atoms with Gasteiger partial charge in [-0.1, -0.05) is 36.4 Å². The van der Waals surface area contributed by atoms with Crippen molar-refractivity contribution in [2.75, 3.05) is 12.4 Å². The molecule has 0 bridgehead atoms. The van der Waals surface area contributed by atoms with Crippen LogP contribution in [0, 0.1) is 0 Å². The van der Waals surface area contributed by atoms with Crippen LogP contribution in [0.2, 0.25) is 0 Å². The Balaban J connectivity index is 1.65. The van der Waals surface area contributed by atoms with Gasteiger partial charge in [0.1, 0.15) is 5.82 Å². The van der Waals surface area contributed by atoms with E-state index < -0.39 is 0 Å². The average molecular weight is 357 g/mol. The van der Waals surface area contributed by atoms with Crippen molar-refractivity contribution in [1.29, 1.82) is 0 Å². The Morgan fingerprint density at radius 2 is 1.85 bits per heavy atom. The van der Waals surface area contributed by atoms with E-state index in [2.05, 4.69) is 15.3 Å². The first-order valence-electron chi connectivity index (χ1n) is 8.68. The van der Waals surface area contributed by atoms with Gasteiger partial charge >= 0.3 is 0 Å². The van der Waals surface area contributed by atoms with Crippen LogP contribution in [0.15, 0.2) is 72.8 Å². The second kappa shape index (κ2) is 7.43. The fraction of sp³-hybridized carbons (Fsp3) is 0.0909. The molecule has 4 aromatic rings. The highest BCUT2D eigenvalue weighted by atomic mass is 16.5. The smallest absolute Gasteiger partial charge is 0.255 e. The molecule has 0 saturated heterocycles. The van der Waals surface area contributed by atoms with E-state index in [1.807, 2.05) is 66.7 Å². The van der Waals surface area contributed by atoms with E-state index in [4.69, 9.17) is 4.74 Å². The van der Waals surface area contributed by atoms with E-state index in [1.165, 1.54) is 0 Å². The number of anilines is 1. The summed E-state index contributed by atoms with van der Waals surface area (Å²) in [7, 11) is 1.64. The summed E-state index contributed by atoms with van der Waals surface area (Å²) in [5.41, 5.74) is 4.94. The van der Waals surface area contributed by atoms with Gasteiger partial charge < -0.3 is 15.0 Å². The van der Waals surface area contributed by atoms with Crippen molar-refractivity contribution in [3.05, 3.63) is 83.9 Å². The lowest BCUT2D eigenvalue weighted by atomic mass is 10.1. The fourth-order valence-corrected chi connectivity index (χ4v) is 3.04. The Kier molecular flexibility index (Phi) is 4.68. The molecule has 0 radical (unpaired) electrons. The Labute approximate surface area is 157 Å². The summed E-state index contributed by atoms with van der Waals surface area (Å²) >= 11 is 0. The number of benzene rings is 3. The van der Waals surface area contributed by atoms with Crippen molar-refractivity contribution < 1.29 is 9.53 Å². The lowest BCUT2D eigenvalue weighted by Crippen LogP contribution is -2.13. The molecular weight excluding hydrogens is 338 g/mol. The lowest BCUT2D eigenvalue weighted by Gasteiger charge is -2.10. The van der Waals surface area contributed by atoms with Gasteiger partial charge in [-0.15, -0.1) is 0 Å². The molecule has 0 aliphatic carbocycles. The zero-order valence-electron chi connectivity index (χ0n) is 14.9. The van der Waals surface area contributed by atoms with E-state index in [1.54, 1.807) is 13.2 Å². The maximum atomic E-state index is 12.7. The number of methoxy groups -OCH3 is 1. The van der Waals surface area contributed by atoms with Crippen LogP contribution in [0.5, 0.6) is 0 Å². The molecule has 1 heterocycles. The molecule has 1 amide bonds. The monoisotopic (exact) mass is 357 g/mol. The maximum Gasteiger partial charge on any atom is 0.255 e. The first kappa shape index (κ1) is 17.0. The number of aromatic nitrogens is 2. The number of nitrogens with one attached hydrogen (secondary N) is 2. The highest BCUT2D eigenvalue weighted by molar-refractivity contribution is 6.06. The van der Waals surface area contributed by atoms with Crippen LogP contribution in [0.25, 0.3) is 22.4 Å². The molecule has 0 aliphatic heterocycles. The van der Waals surface area contributed by atoms with Crippen molar-refractivity contribution in [3.63, 3.8) is 0 Å². The van der Waals surface area contributed by atoms with Crippen molar-refractivity contribution in [1.82, 2.24) is 9.97 Å². The van der Waals surface area contributed by atoms with Crippen LogP contribution in [0.1, 0.15) is 15.9 Å². The number of hydrogen-bond acceptors (Lipinski definition) is 3. The van der Waals surface area contributed by atoms with Crippen molar-refractivity contribution in [2.45, 2.75) is 6.61 Å². The second-order valence-electron chi connectivity index (χ2n) is 6.24. The zero-order valence-corrected chi connectivity index (χ0v) is 14.9. The fourth-order valence-electron chi connectivity index (χ4n) is 3.04. The number of ether oxygens (including phenoxy) is 1. The number of carbonyl (C=O) groups is 1. The highest BCUT2D eigenvalue weighted by Crippen LogP contribution is 2.28. The number of amides is 1. The van der Waals surface area contributed by atoms with Gasteiger partial charge in [0, 0.05) is 18.2 Å². The highest BCUT2D eigenvalue weighted by Gasteiger charge is 2.13. The minimum absolute atomic E-state index is 0.170. The van der Waals surface area contributed by atoms with Crippen LogP contribution < -0.4 is 5.32 Å². The Hall–Kier alpha value is -3.44. The van der Waals surface area contributed by atoms with Crippen LogP contribution in [-0.2, 0) is 11.3 Å². The number of aromatic amines is 1. The molecule has 3 aromatic carbocycles. The molecule has 5 heteroatoms. The normalized spacial score (nSPS) is 10.9. The van der Waals surface area contributed by atoms with Gasteiger partial charge in [-0.2, -0.15) is 0 Å². The Morgan fingerprint density at radius 1 is 1.04 bits per heavy atom. The van der Waals surface area contributed by atoms with Gasteiger partial charge in [-0.3, -0.25) is 4.79 Å². The van der Waals surface area contributed by atoms with E-state index >= 15 is 0 Å². The van der Waals surface area contributed by atoms with Gasteiger partial charge in [0.25, 0.3) is 5.91 Å². The molecule has 2 N–H and O–H groups in total. The summed E-state index contributed by atoms with van der Waals surface area (Å²) in [6.45, 7) is 0.469. The standard InChI is InChI=1S/C22H19N3O2/c1-27-14-15-7-6-8-16(13-15)22(26)25-18-10-3-2-9-17(18)21-23-19-11-4-5-12-20(19)24-21/h2-13H,14H2,1H3,(H,23,24)(H,25,26). The quantitative estimate of drug-likeness (QED) is 0.547. The minimum Gasteiger partial charge on any atom is -0.380 e. The lowest BCUT2D eigenvalue weighted by molar-refractivity contribution is 0.102. The topological polar surface area (TPSA) is 67.0 Å². The molecule has 4 rings (SSSR count). The number of imidazole rings is 1. The summed E-state index contributed by atoms with van der Waals surface area (Å²) in [5, 5.41) is 3.00. The summed E-state index contributed by atoms with van der Waals surface area (Å²) in [5.74, 6) is 0.553. The Morgan fingerprint density at radius 3 is 2.70 bits per heavy atom. The molecule has 0 fully saturated rings. The second-order valence-corrected chi connectivity index (χ2v) is 6.24. The van der Waals surface area contributed by atoms with E-state index in [0.29, 0.717) is 17.9 Å². The number of rotatable bonds is 5. The van der Waals surface area contributed by atoms with Crippen LogP contribution in [0.3, 0.4) is 0 Å². The molecular formula is C22H19N3O2. The third kappa shape index (κ3) is 3.59. The van der Waals surface area contributed by atoms with Gasteiger partial charge in [-0.25, -0.2) is 4.98 Å². The summed E-state index contributed by atoms with van der Waals surface area (Å²) < 4.78 is 5.14. The average Bonchev–Trinajstić information content (AvgIpc) is 3.13. The third-order valence-corrected chi connectivity index (χ3v) is 4.32. The molecule has 0 spiro atoms. The number of H-pyrrole nitrogens is 1. The molecule has 5 nitrogen and oxygen atoms in total. The van der Waals surface area contributed by atoms with Gasteiger partial charge in [0.2, 0.25) is 0 Å². The van der Waals surface area contributed by atoms with Crippen molar-refractivity contribution >= 4 is 22.6 Å². The van der Waals surface area contributed by atoms with Gasteiger partial charge in [0.05, 0.1) is 23.3 Å². The molecule has 134 valence electrons.